The fraction of sp³-hybridized carbons (Fsp3) is 0.231. The van der Waals surface area contributed by atoms with Gasteiger partial charge in [0.2, 0.25) is 5.78 Å². The molecule has 2 aromatic carbocycles. The number of Topliss-reactive ketones (excluding diaryl/α,β-unsaturated/α-hetero) is 1. The van der Waals surface area contributed by atoms with E-state index in [-0.39, 0.29) is 11.5 Å². The Bertz CT molecular complexity index is 1260. The summed E-state index contributed by atoms with van der Waals surface area (Å²) in [6.07, 6.45) is 1.81. The Labute approximate surface area is 191 Å². The number of pyridine rings is 1. The van der Waals surface area contributed by atoms with Crippen molar-refractivity contribution >= 4 is 22.8 Å². The summed E-state index contributed by atoms with van der Waals surface area (Å²) in [6, 6.07) is 15.3. The third-order valence-electron chi connectivity index (χ3n) is 5.54. The highest BCUT2D eigenvalue weighted by Crippen LogP contribution is 2.41. The predicted molar refractivity (Wildman–Crippen MR) is 125 cm³/mol. The van der Waals surface area contributed by atoms with E-state index in [1.165, 1.54) is 12.1 Å². The van der Waals surface area contributed by atoms with Crippen molar-refractivity contribution in [3.63, 3.8) is 0 Å². The van der Waals surface area contributed by atoms with Gasteiger partial charge in [-0.3, -0.25) is 19.9 Å². The van der Waals surface area contributed by atoms with Crippen molar-refractivity contribution in [1.82, 2.24) is 4.98 Å². The van der Waals surface area contributed by atoms with E-state index in [2.05, 4.69) is 11.1 Å². The molecule has 0 saturated carbocycles. The van der Waals surface area contributed by atoms with Crippen molar-refractivity contribution in [2.75, 3.05) is 0 Å². The van der Waals surface area contributed by atoms with Crippen LogP contribution in [0.25, 0.3) is 11.3 Å². The first-order chi connectivity index (χ1) is 15.7. The maximum absolute atomic E-state index is 13.1. The van der Waals surface area contributed by atoms with E-state index in [4.69, 9.17) is 9.47 Å². The smallest absolute Gasteiger partial charge is 0.269 e. The Morgan fingerprint density at radius 3 is 2.27 bits per heavy atom. The van der Waals surface area contributed by atoms with Gasteiger partial charge >= 0.3 is 0 Å². The molecule has 0 atom stereocenters. The second-order valence-corrected chi connectivity index (χ2v) is 8.54. The Morgan fingerprint density at radius 1 is 1.03 bits per heavy atom. The van der Waals surface area contributed by atoms with E-state index in [1.54, 1.807) is 38.1 Å². The Hall–Kier alpha value is -4.00. The van der Waals surface area contributed by atoms with E-state index in [9.17, 15) is 14.9 Å². The number of hydrogen-bond donors (Lipinski definition) is 0. The molecule has 0 radical (unpaired) electrons. The first-order valence-electron chi connectivity index (χ1n) is 10.5. The number of benzene rings is 2. The second-order valence-electron chi connectivity index (χ2n) is 8.54. The van der Waals surface area contributed by atoms with Gasteiger partial charge in [0.1, 0.15) is 18.1 Å². The largest absolute Gasteiger partial charge is 0.487 e. The fourth-order valence-electron chi connectivity index (χ4n) is 3.72. The molecule has 0 bridgehead atoms. The van der Waals surface area contributed by atoms with Gasteiger partial charge in [-0.1, -0.05) is 18.2 Å². The molecule has 1 aliphatic heterocycles. The molecule has 1 aliphatic rings. The molecule has 0 fully saturated rings. The molecule has 0 N–H and O–H groups in total. The first kappa shape index (κ1) is 22.2. The number of hydrogen-bond acceptors (Lipinski definition) is 6. The van der Waals surface area contributed by atoms with Gasteiger partial charge in [0.15, 0.2) is 5.60 Å². The number of carbonyl (C=O) groups excluding carboxylic acids is 1. The molecule has 0 saturated heterocycles. The van der Waals surface area contributed by atoms with Crippen molar-refractivity contribution in [1.29, 1.82) is 0 Å². The number of aromatic nitrogens is 1. The SMILES string of the molecule is Cc1cnc(COc2ccc(C3=C(c4ccc([N+](=O)[O-])cc4)OC(C)(C)C3=O)cc2)c(C)c1. The van der Waals surface area contributed by atoms with Gasteiger partial charge in [-0.15, -0.1) is 0 Å². The molecule has 168 valence electrons. The second kappa shape index (κ2) is 8.50. The van der Waals surface area contributed by atoms with Crippen molar-refractivity contribution in [2.24, 2.45) is 0 Å². The zero-order chi connectivity index (χ0) is 23.8. The minimum absolute atomic E-state index is 0.0238. The van der Waals surface area contributed by atoms with Gasteiger partial charge in [-0.25, -0.2) is 0 Å². The highest BCUT2D eigenvalue weighted by atomic mass is 16.6. The quantitative estimate of drug-likeness (QED) is 0.372. The number of nitro groups is 1. The van der Waals surface area contributed by atoms with Crippen molar-refractivity contribution in [3.8, 4) is 5.75 Å². The van der Waals surface area contributed by atoms with Crippen LogP contribution in [0.15, 0.2) is 60.8 Å². The molecular weight excluding hydrogens is 420 g/mol. The van der Waals surface area contributed by atoms with E-state index in [0.717, 1.165) is 16.8 Å². The zero-order valence-electron chi connectivity index (χ0n) is 18.9. The maximum atomic E-state index is 13.1. The molecule has 4 rings (SSSR count). The minimum atomic E-state index is -1.03. The van der Waals surface area contributed by atoms with Gasteiger partial charge in [0.05, 0.1) is 16.2 Å². The normalized spacial score (nSPS) is 14.8. The molecule has 7 heteroatoms. The molecule has 0 unspecified atom stereocenters. The summed E-state index contributed by atoms with van der Waals surface area (Å²) in [4.78, 5) is 28.1. The molecule has 33 heavy (non-hydrogen) atoms. The lowest BCUT2D eigenvalue weighted by molar-refractivity contribution is -0.384. The van der Waals surface area contributed by atoms with E-state index < -0.39 is 10.5 Å². The highest BCUT2D eigenvalue weighted by molar-refractivity contribution is 6.32. The van der Waals surface area contributed by atoms with Crippen molar-refractivity contribution < 1.29 is 19.2 Å². The molecule has 0 amide bonds. The molecule has 0 aliphatic carbocycles. The third-order valence-corrected chi connectivity index (χ3v) is 5.54. The van der Waals surface area contributed by atoms with Gasteiger partial charge in [0.25, 0.3) is 5.69 Å². The molecular formula is C26H24N2O5. The number of aryl methyl sites for hydroxylation is 2. The number of nitro benzene ring substituents is 1. The van der Waals surface area contributed by atoms with Crippen molar-refractivity contribution in [2.45, 2.75) is 39.9 Å². The molecule has 1 aromatic heterocycles. The maximum Gasteiger partial charge on any atom is 0.269 e. The van der Waals surface area contributed by atoms with Gasteiger partial charge in [-0.05, 0) is 68.7 Å². The monoisotopic (exact) mass is 444 g/mol. The number of ketones is 1. The Kier molecular flexibility index (Phi) is 5.72. The third kappa shape index (κ3) is 4.48. The van der Waals surface area contributed by atoms with Gasteiger partial charge < -0.3 is 9.47 Å². The van der Waals surface area contributed by atoms with Crippen LogP contribution >= 0.6 is 0 Å². The minimum Gasteiger partial charge on any atom is -0.487 e. The summed E-state index contributed by atoms with van der Waals surface area (Å²) in [5.41, 5.74) is 3.72. The van der Waals surface area contributed by atoms with E-state index in [1.807, 2.05) is 32.2 Å². The standard InChI is InChI=1S/C26H24N2O5/c1-16-13-17(2)22(27-14-16)15-32-21-11-7-18(8-12-21)23-24(33-26(3,4)25(23)29)19-5-9-20(10-6-19)28(30)31/h5-14H,15H2,1-4H3. The van der Waals surface area contributed by atoms with Crippen LogP contribution in [0, 0.1) is 24.0 Å². The number of non-ortho nitro benzene ring substituents is 1. The summed E-state index contributed by atoms with van der Waals surface area (Å²) in [5, 5.41) is 11.0. The Morgan fingerprint density at radius 2 is 1.67 bits per heavy atom. The van der Waals surface area contributed by atoms with Gasteiger partial charge in [-0.2, -0.15) is 0 Å². The Balaban J connectivity index is 1.61. The highest BCUT2D eigenvalue weighted by Gasteiger charge is 2.42. The topological polar surface area (TPSA) is 91.6 Å². The van der Waals surface area contributed by atoms with Crippen LogP contribution in [0.4, 0.5) is 5.69 Å². The fourth-order valence-corrected chi connectivity index (χ4v) is 3.72. The lowest BCUT2D eigenvalue weighted by Crippen LogP contribution is -2.29. The molecule has 7 nitrogen and oxygen atoms in total. The number of ether oxygens (including phenoxy) is 2. The van der Waals surface area contributed by atoms with Crippen LogP contribution in [0.2, 0.25) is 0 Å². The molecule has 2 heterocycles. The van der Waals surface area contributed by atoms with Crippen LogP contribution in [0.3, 0.4) is 0 Å². The van der Waals surface area contributed by atoms with E-state index in [0.29, 0.717) is 34.8 Å². The zero-order valence-corrected chi connectivity index (χ0v) is 18.9. The number of nitrogens with zero attached hydrogens (tertiary/aromatic N) is 2. The summed E-state index contributed by atoms with van der Waals surface area (Å²) in [6.45, 7) is 7.77. The predicted octanol–water partition coefficient (Wildman–Crippen LogP) is 5.43. The van der Waals surface area contributed by atoms with Gasteiger partial charge in [0, 0.05) is 23.9 Å². The number of carbonyl (C=O) groups is 1. The van der Waals surface area contributed by atoms with Crippen molar-refractivity contribution in [3.05, 3.63) is 98.9 Å². The average molecular weight is 444 g/mol. The summed E-state index contributed by atoms with van der Waals surface area (Å²) < 4.78 is 11.9. The van der Waals surface area contributed by atoms with Crippen LogP contribution in [0.1, 0.15) is 41.8 Å². The summed E-state index contributed by atoms with van der Waals surface area (Å²) in [7, 11) is 0. The molecule has 3 aromatic rings. The number of rotatable bonds is 6. The molecule has 0 spiro atoms. The average Bonchev–Trinajstić information content (AvgIpc) is 3.02. The lowest BCUT2D eigenvalue weighted by atomic mass is 9.92. The summed E-state index contributed by atoms with van der Waals surface area (Å²) in [5.74, 6) is 0.917. The van der Waals surface area contributed by atoms with Crippen LogP contribution in [-0.4, -0.2) is 21.3 Å². The first-order valence-corrected chi connectivity index (χ1v) is 10.5. The van der Waals surface area contributed by atoms with E-state index >= 15 is 0 Å². The lowest BCUT2D eigenvalue weighted by Gasteiger charge is -2.17. The summed E-state index contributed by atoms with van der Waals surface area (Å²) >= 11 is 0. The van der Waals surface area contributed by atoms with Crippen LogP contribution < -0.4 is 4.74 Å². The van der Waals surface area contributed by atoms with Crippen LogP contribution in [0.5, 0.6) is 5.75 Å². The van der Waals surface area contributed by atoms with Crippen LogP contribution in [-0.2, 0) is 16.1 Å².